The molecule has 0 saturated carbocycles. The van der Waals surface area contributed by atoms with Gasteiger partial charge < -0.3 is 9.30 Å². The summed E-state index contributed by atoms with van der Waals surface area (Å²) in [5, 5.41) is 8.23. The van der Waals surface area contributed by atoms with Gasteiger partial charge in [-0.05, 0) is 66.6 Å². The molecule has 3 aromatic carbocycles. The van der Waals surface area contributed by atoms with Crippen molar-refractivity contribution < 1.29 is 35.1 Å². The Labute approximate surface area is 255 Å². The summed E-state index contributed by atoms with van der Waals surface area (Å²) in [6, 6.07) is 16.5. The molecule has 5 aromatic rings. The molecule has 0 aliphatic rings. The van der Waals surface area contributed by atoms with Gasteiger partial charge in [0.05, 0.1) is 28.2 Å². The van der Waals surface area contributed by atoms with Crippen LogP contribution in [0.15, 0.2) is 84.0 Å². The zero-order valence-electron chi connectivity index (χ0n) is 24.4. The van der Waals surface area contributed by atoms with Crippen molar-refractivity contribution in [3.8, 4) is 39.5 Å². The van der Waals surface area contributed by atoms with Crippen LogP contribution in [-0.4, -0.2) is 57.7 Å². The van der Waals surface area contributed by atoms with Crippen LogP contribution in [0, 0.1) is 6.92 Å². The second-order valence-corrected chi connectivity index (χ2v) is 12.4. The number of imidazole rings is 1. The molecule has 236 valence electrons. The quantitative estimate of drug-likeness (QED) is 0.165. The molecule has 0 aliphatic carbocycles. The van der Waals surface area contributed by atoms with Crippen molar-refractivity contribution in [3.63, 3.8) is 0 Å². The van der Waals surface area contributed by atoms with Gasteiger partial charge in [-0.1, -0.05) is 30.3 Å². The van der Waals surface area contributed by atoms with Crippen molar-refractivity contribution in [2.75, 3.05) is 14.1 Å². The van der Waals surface area contributed by atoms with Gasteiger partial charge in [-0.25, -0.2) is 22.4 Å². The summed E-state index contributed by atoms with van der Waals surface area (Å²) in [5.74, 6) is -3.33. The molecule has 0 N–H and O–H groups in total. The highest BCUT2D eigenvalue weighted by atomic mass is 32.2. The number of hydrogen-bond donors (Lipinski definition) is 0. The average molecular weight is 647 g/mol. The van der Waals surface area contributed by atoms with E-state index < -0.39 is 40.2 Å². The van der Waals surface area contributed by atoms with E-state index in [2.05, 4.69) is 20.0 Å². The zero-order chi connectivity index (χ0) is 32.7. The number of aryl methyl sites for hydroxylation is 1. The lowest BCUT2D eigenvalue weighted by atomic mass is 10.0. The summed E-state index contributed by atoms with van der Waals surface area (Å²) >= 11 is 0. The standard InChI is InChI=1S/C30H27F5N6O3S/c1-5-29(31,32)28-18-40(19(2)37-28)25-14-11-22(21-7-6-8-24(15-21)45(42,43)39(3)4)16-26(25)41-27(17-36-38-41)20-9-12-23(13-10-20)44-30(33,34)35/h6-18H,5H2,1-4H3. The fraction of sp³-hybridized carbons (Fsp3) is 0.233. The number of sulfonamides is 1. The molecule has 0 unspecified atom stereocenters. The first kappa shape index (κ1) is 31.8. The molecule has 0 saturated heterocycles. The van der Waals surface area contributed by atoms with Crippen molar-refractivity contribution >= 4 is 10.0 Å². The molecule has 0 fully saturated rings. The summed E-state index contributed by atoms with van der Waals surface area (Å²) in [6.45, 7) is 2.93. The normalized spacial score (nSPS) is 12.6. The smallest absolute Gasteiger partial charge is 0.406 e. The summed E-state index contributed by atoms with van der Waals surface area (Å²) in [7, 11) is -0.901. The molecular formula is C30H27F5N6O3S. The van der Waals surface area contributed by atoms with E-state index in [9.17, 15) is 30.4 Å². The van der Waals surface area contributed by atoms with Crippen molar-refractivity contribution in [3.05, 3.63) is 90.6 Å². The third-order valence-corrected chi connectivity index (χ3v) is 8.85. The molecule has 9 nitrogen and oxygen atoms in total. The molecule has 0 amide bonds. The second kappa shape index (κ2) is 11.7. The third-order valence-electron chi connectivity index (χ3n) is 7.04. The van der Waals surface area contributed by atoms with E-state index >= 15 is 0 Å². The van der Waals surface area contributed by atoms with Gasteiger partial charge in [0.1, 0.15) is 17.3 Å². The Morgan fingerprint density at radius 1 is 0.889 bits per heavy atom. The molecular weight excluding hydrogens is 619 g/mol. The van der Waals surface area contributed by atoms with Gasteiger partial charge >= 0.3 is 6.36 Å². The van der Waals surface area contributed by atoms with Crippen LogP contribution >= 0.6 is 0 Å². The number of halogens is 5. The maximum atomic E-state index is 14.6. The summed E-state index contributed by atoms with van der Waals surface area (Å²) in [4.78, 5) is 4.16. The van der Waals surface area contributed by atoms with Crippen LogP contribution in [0.1, 0.15) is 24.9 Å². The van der Waals surface area contributed by atoms with Gasteiger partial charge in [0.25, 0.3) is 5.92 Å². The molecule has 2 heterocycles. The van der Waals surface area contributed by atoms with Gasteiger partial charge in [-0.15, -0.1) is 18.3 Å². The highest BCUT2D eigenvalue weighted by Crippen LogP contribution is 2.35. The van der Waals surface area contributed by atoms with Gasteiger partial charge in [-0.2, -0.15) is 8.78 Å². The first-order valence-corrected chi connectivity index (χ1v) is 14.9. The van der Waals surface area contributed by atoms with Gasteiger partial charge in [-0.3, -0.25) is 0 Å². The Kier molecular flexibility index (Phi) is 8.27. The monoisotopic (exact) mass is 646 g/mol. The molecule has 15 heteroatoms. The lowest BCUT2D eigenvalue weighted by Gasteiger charge is -2.17. The van der Waals surface area contributed by atoms with Crippen LogP contribution in [0.4, 0.5) is 22.0 Å². The minimum Gasteiger partial charge on any atom is -0.406 e. The Morgan fingerprint density at radius 3 is 2.20 bits per heavy atom. The third kappa shape index (κ3) is 6.44. The Hall–Kier alpha value is -4.63. The molecule has 0 aliphatic heterocycles. The molecule has 5 rings (SSSR count). The Morgan fingerprint density at radius 2 is 1.56 bits per heavy atom. The Bertz CT molecular complexity index is 1950. The topological polar surface area (TPSA) is 95.1 Å². The molecule has 0 radical (unpaired) electrons. The number of alkyl halides is 5. The number of rotatable bonds is 9. The van der Waals surface area contributed by atoms with Crippen LogP contribution in [0.5, 0.6) is 5.75 Å². The van der Waals surface area contributed by atoms with Crippen LogP contribution in [0.2, 0.25) is 0 Å². The number of ether oxygens (including phenoxy) is 1. The van der Waals surface area contributed by atoms with E-state index in [1.807, 2.05) is 0 Å². The maximum Gasteiger partial charge on any atom is 0.573 e. The number of benzene rings is 3. The lowest BCUT2D eigenvalue weighted by molar-refractivity contribution is -0.274. The van der Waals surface area contributed by atoms with Crippen molar-refractivity contribution in [2.24, 2.45) is 0 Å². The number of hydrogen-bond acceptors (Lipinski definition) is 6. The highest BCUT2D eigenvalue weighted by Gasteiger charge is 2.33. The van der Waals surface area contributed by atoms with Gasteiger partial charge in [0.15, 0.2) is 0 Å². The SMILES string of the molecule is CCC(F)(F)c1cn(-c2ccc(-c3cccc(S(=O)(=O)N(C)C)c3)cc2-n2nncc2-c2ccc(OC(F)(F)F)cc2)c(C)n1. The van der Waals surface area contributed by atoms with Crippen molar-refractivity contribution in [1.82, 2.24) is 28.9 Å². The molecule has 2 aromatic heterocycles. The van der Waals surface area contributed by atoms with Gasteiger partial charge in [0, 0.05) is 32.3 Å². The minimum atomic E-state index is -4.86. The van der Waals surface area contributed by atoms with Crippen LogP contribution < -0.4 is 4.74 Å². The second-order valence-electron chi connectivity index (χ2n) is 10.2. The van der Waals surface area contributed by atoms with Crippen LogP contribution in [0.25, 0.3) is 33.8 Å². The minimum absolute atomic E-state index is 0.0649. The van der Waals surface area contributed by atoms with E-state index in [0.29, 0.717) is 33.8 Å². The predicted molar refractivity (Wildman–Crippen MR) is 156 cm³/mol. The summed E-state index contributed by atoms with van der Waals surface area (Å²) in [5.41, 5.74) is 2.24. The molecule has 0 spiro atoms. The van der Waals surface area contributed by atoms with Gasteiger partial charge in [0.2, 0.25) is 10.0 Å². The maximum absolute atomic E-state index is 14.6. The number of aromatic nitrogens is 5. The zero-order valence-corrected chi connectivity index (χ0v) is 25.2. The van der Waals surface area contributed by atoms with Crippen molar-refractivity contribution in [1.29, 1.82) is 0 Å². The fourth-order valence-electron chi connectivity index (χ4n) is 4.63. The van der Waals surface area contributed by atoms with Crippen LogP contribution in [-0.2, 0) is 15.9 Å². The van der Waals surface area contributed by atoms with E-state index in [0.717, 1.165) is 16.4 Å². The van der Waals surface area contributed by atoms with Crippen molar-refractivity contribution in [2.45, 2.75) is 37.4 Å². The Balaban J connectivity index is 1.69. The van der Waals surface area contributed by atoms with E-state index in [4.69, 9.17) is 0 Å². The molecule has 0 atom stereocenters. The highest BCUT2D eigenvalue weighted by molar-refractivity contribution is 7.89. The molecule has 0 bridgehead atoms. The fourth-order valence-corrected chi connectivity index (χ4v) is 5.58. The average Bonchev–Trinajstić information content (AvgIpc) is 3.64. The lowest BCUT2D eigenvalue weighted by Crippen LogP contribution is -2.22. The largest absolute Gasteiger partial charge is 0.573 e. The van der Waals surface area contributed by atoms with E-state index in [1.54, 1.807) is 37.3 Å². The number of nitrogens with zero attached hydrogens (tertiary/aromatic N) is 6. The van der Waals surface area contributed by atoms with E-state index in [1.165, 1.54) is 66.9 Å². The molecule has 45 heavy (non-hydrogen) atoms. The first-order chi connectivity index (χ1) is 21.1. The predicted octanol–water partition coefficient (Wildman–Crippen LogP) is 6.75. The summed E-state index contributed by atoms with van der Waals surface area (Å²) in [6.07, 6.45) is -2.68. The van der Waals surface area contributed by atoms with E-state index in [-0.39, 0.29) is 10.7 Å². The summed E-state index contributed by atoms with van der Waals surface area (Å²) < 4.78 is 101. The first-order valence-electron chi connectivity index (χ1n) is 13.5. The van der Waals surface area contributed by atoms with Crippen LogP contribution in [0.3, 0.4) is 0 Å².